The normalized spacial score (nSPS) is 12.9. The average molecular weight is 277 g/mol. The van der Waals surface area contributed by atoms with Crippen molar-refractivity contribution in [2.45, 2.75) is 10.4 Å². The molecule has 1 unspecified atom stereocenters. The molecule has 0 fully saturated rings. The molecule has 2 heterocycles. The summed E-state index contributed by atoms with van der Waals surface area (Å²) >= 11 is 2.98. The van der Waals surface area contributed by atoms with Crippen molar-refractivity contribution in [2.75, 3.05) is 5.75 Å². The summed E-state index contributed by atoms with van der Waals surface area (Å²) in [6, 6.07) is 9.78. The molecule has 0 aliphatic rings. The molecule has 4 nitrogen and oxygen atoms in total. The number of hydrogen-bond acceptors (Lipinski definition) is 6. The van der Waals surface area contributed by atoms with Gasteiger partial charge in [0.05, 0.1) is 6.04 Å². The molecule has 0 bridgehead atoms. The van der Waals surface area contributed by atoms with E-state index >= 15 is 0 Å². The highest BCUT2D eigenvalue weighted by Crippen LogP contribution is 2.27. The van der Waals surface area contributed by atoms with Crippen LogP contribution in [0.5, 0.6) is 0 Å². The first kappa shape index (κ1) is 11.7. The number of fused-ring (bicyclic) bond motifs is 1. The fourth-order valence-electron chi connectivity index (χ4n) is 1.65. The Bertz CT molecular complexity index is 603. The van der Waals surface area contributed by atoms with Crippen molar-refractivity contribution in [1.82, 2.24) is 9.36 Å². The van der Waals surface area contributed by atoms with Gasteiger partial charge in [-0.1, -0.05) is 30.0 Å². The number of furan rings is 1. The van der Waals surface area contributed by atoms with Crippen molar-refractivity contribution in [3.05, 3.63) is 42.4 Å². The molecule has 18 heavy (non-hydrogen) atoms. The largest absolute Gasteiger partial charge is 0.459 e. The van der Waals surface area contributed by atoms with Crippen molar-refractivity contribution < 1.29 is 4.42 Å². The summed E-state index contributed by atoms with van der Waals surface area (Å²) in [6.45, 7) is 0. The van der Waals surface area contributed by atoms with Crippen LogP contribution in [0.4, 0.5) is 0 Å². The minimum absolute atomic E-state index is 0.133. The van der Waals surface area contributed by atoms with Crippen molar-refractivity contribution in [3.63, 3.8) is 0 Å². The number of nitrogens with zero attached hydrogens (tertiary/aromatic N) is 2. The molecule has 0 saturated carbocycles. The molecular weight excluding hydrogens is 266 g/mol. The molecule has 2 aromatic heterocycles. The van der Waals surface area contributed by atoms with Gasteiger partial charge >= 0.3 is 0 Å². The first-order chi connectivity index (χ1) is 8.83. The van der Waals surface area contributed by atoms with Crippen molar-refractivity contribution in [3.8, 4) is 0 Å². The summed E-state index contributed by atoms with van der Waals surface area (Å²) in [5.41, 5.74) is 7.00. The second-order valence-corrected chi connectivity index (χ2v) is 5.86. The van der Waals surface area contributed by atoms with Crippen LogP contribution in [0.1, 0.15) is 11.8 Å². The molecule has 3 aromatic rings. The summed E-state index contributed by atoms with van der Waals surface area (Å²) in [7, 11) is 0. The zero-order valence-electron chi connectivity index (χ0n) is 9.45. The predicted octanol–water partition coefficient (Wildman–Crippen LogP) is 3.08. The molecule has 6 heteroatoms. The monoisotopic (exact) mass is 277 g/mol. The van der Waals surface area contributed by atoms with Crippen molar-refractivity contribution in [2.24, 2.45) is 5.73 Å². The van der Waals surface area contributed by atoms with E-state index in [1.54, 1.807) is 18.1 Å². The molecule has 2 N–H and O–H groups in total. The van der Waals surface area contributed by atoms with E-state index in [0.717, 1.165) is 26.8 Å². The van der Waals surface area contributed by atoms with Crippen LogP contribution in [-0.2, 0) is 0 Å². The van der Waals surface area contributed by atoms with Gasteiger partial charge in [0.2, 0.25) is 0 Å². The Kier molecular flexibility index (Phi) is 3.31. The summed E-state index contributed by atoms with van der Waals surface area (Å²) in [5.74, 6) is 1.54. The zero-order chi connectivity index (χ0) is 12.4. The summed E-state index contributed by atoms with van der Waals surface area (Å²) in [6.07, 6.45) is 1.56. The molecular formula is C12H11N3OS2. The number of rotatable bonds is 4. The molecule has 1 aromatic carbocycles. The molecule has 0 spiro atoms. The number of benzene rings is 1. The van der Waals surface area contributed by atoms with E-state index in [4.69, 9.17) is 10.2 Å². The topological polar surface area (TPSA) is 64.9 Å². The number of para-hydroxylation sites is 1. The Morgan fingerprint density at radius 1 is 1.39 bits per heavy atom. The van der Waals surface area contributed by atoms with Gasteiger partial charge in [-0.05, 0) is 23.7 Å². The number of thioether (sulfide) groups is 1. The van der Waals surface area contributed by atoms with Gasteiger partial charge in [-0.2, -0.15) is 4.37 Å². The molecule has 0 saturated heterocycles. The fraction of sp³-hybridized carbons (Fsp3) is 0.167. The van der Waals surface area contributed by atoms with E-state index in [1.807, 2.05) is 30.3 Å². The lowest BCUT2D eigenvalue weighted by atomic mass is 10.2. The third-order valence-corrected chi connectivity index (χ3v) is 4.45. The average Bonchev–Trinajstić information content (AvgIpc) is 3.04. The highest BCUT2D eigenvalue weighted by atomic mass is 32.2. The van der Waals surface area contributed by atoms with Gasteiger partial charge in [0.25, 0.3) is 0 Å². The molecule has 3 rings (SSSR count). The van der Waals surface area contributed by atoms with E-state index < -0.39 is 0 Å². The van der Waals surface area contributed by atoms with Gasteiger partial charge < -0.3 is 10.2 Å². The molecule has 0 aliphatic heterocycles. The zero-order valence-corrected chi connectivity index (χ0v) is 11.1. The molecule has 1 atom stereocenters. The highest BCUT2D eigenvalue weighted by Gasteiger charge is 2.13. The van der Waals surface area contributed by atoms with E-state index in [0.29, 0.717) is 0 Å². The lowest BCUT2D eigenvalue weighted by Gasteiger charge is -2.05. The minimum Gasteiger partial charge on any atom is -0.459 e. The van der Waals surface area contributed by atoms with Gasteiger partial charge in [-0.25, -0.2) is 4.98 Å². The number of hydrogen-bond donors (Lipinski definition) is 1. The molecule has 0 radical (unpaired) electrons. The van der Waals surface area contributed by atoms with Crippen LogP contribution in [0.3, 0.4) is 0 Å². The Morgan fingerprint density at radius 3 is 3.06 bits per heavy atom. The Balaban J connectivity index is 1.73. The molecule has 0 aliphatic carbocycles. The lowest BCUT2D eigenvalue weighted by Crippen LogP contribution is -2.11. The van der Waals surface area contributed by atoms with E-state index in [-0.39, 0.29) is 6.04 Å². The third kappa shape index (κ3) is 2.40. The number of nitrogens with two attached hydrogens (primary N) is 1. The van der Waals surface area contributed by atoms with Crippen LogP contribution in [0, 0.1) is 0 Å². The smallest absolute Gasteiger partial charge is 0.169 e. The molecule has 92 valence electrons. The van der Waals surface area contributed by atoms with Gasteiger partial charge in [0, 0.05) is 11.1 Å². The second kappa shape index (κ2) is 5.09. The first-order valence-corrected chi connectivity index (χ1v) is 7.22. The maximum absolute atomic E-state index is 6.12. The SMILES string of the molecule is NC(CSc1ncns1)c1cc2ccccc2o1. The fourth-order valence-corrected chi connectivity index (χ4v) is 3.09. The van der Waals surface area contributed by atoms with Crippen LogP contribution in [0.25, 0.3) is 11.0 Å². The maximum Gasteiger partial charge on any atom is 0.169 e. The van der Waals surface area contributed by atoms with Crippen LogP contribution < -0.4 is 5.73 Å². The van der Waals surface area contributed by atoms with Crippen LogP contribution in [0.2, 0.25) is 0 Å². The standard InChI is InChI=1S/C12H11N3OS2/c13-9(6-17-12-14-7-15-18-12)11-5-8-3-1-2-4-10(8)16-11/h1-5,7,9H,6,13H2. The van der Waals surface area contributed by atoms with E-state index in [1.165, 1.54) is 11.5 Å². The Hall–Kier alpha value is -1.37. The lowest BCUT2D eigenvalue weighted by molar-refractivity contribution is 0.516. The summed E-state index contributed by atoms with van der Waals surface area (Å²) in [4.78, 5) is 4.11. The quantitative estimate of drug-likeness (QED) is 0.742. The summed E-state index contributed by atoms with van der Waals surface area (Å²) < 4.78 is 10.6. The maximum atomic E-state index is 6.12. The van der Waals surface area contributed by atoms with Crippen molar-refractivity contribution >= 4 is 34.3 Å². The van der Waals surface area contributed by atoms with Crippen LogP contribution in [0.15, 0.2) is 45.4 Å². The number of aromatic nitrogens is 2. The summed E-state index contributed by atoms with van der Waals surface area (Å²) in [5, 5.41) is 1.09. The molecule has 0 amide bonds. The highest BCUT2D eigenvalue weighted by molar-refractivity contribution is 8.00. The van der Waals surface area contributed by atoms with Crippen LogP contribution in [-0.4, -0.2) is 15.1 Å². The van der Waals surface area contributed by atoms with Gasteiger partial charge in [0.15, 0.2) is 4.34 Å². The first-order valence-electron chi connectivity index (χ1n) is 5.46. The van der Waals surface area contributed by atoms with Gasteiger partial charge in [-0.3, -0.25) is 0 Å². The Morgan fingerprint density at radius 2 is 2.28 bits per heavy atom. The van der Waals surface area contributed by atoms with E-state index in [2.05, 4.69) is 9.36 Å². The minimum atomic E-state index is -0.133. The predicted molar refractivity (Wildman–Crippen MR) is 73.8 cm³/mol. The third-order valence-electron chi connectivity index (χ3n) is 2.54. The van der Waals surface area contributed by atoms with Gasteiger partial charge in [0.1, 0.15) is 17.7 Å². The van der Waals surface area contributed by atoms with Crippen LogP contribution >= 0.6 is 23.3 Å². The van der Waals surface area contributed by atoms with Crippen molar-refractivity contribution in [1.29, 1.82) is 0 Å². The van der Waals surface area contributed by atoms with Gasteiger partial charge in [-0.15, -0.1) is 0 Å². The second-order valence-electron chi connectivity index (χ2n) is 3.81. The van der Waals surface area contributed by atoms with E-state index in [9.17, 15) is 0 Å². The Labute approximate surface area is 112 Å².